The summed E-state index contributed by atoms with van der Waals surface area (Å²) < 4.78 is 0. The van der Waals surface area contributed by atoms with Gasteiger partial charge in [-0.05, 0) is 170 Å². The molecule has 0 aromatic heterocycles. The summed E-state index contributed by atoms with van der Waals surface area (Å²) in [5, 5.41) is 40.5. The molecule has 4 heteroatoms. The number of rotatable bonds is 4. The summed E-state index contributed by atoms with van der Waals surface area (Å²) in [6, 6.07) is 0. The molecule has 0 amide bonds. The zero-order chi connectivity index (χ0) is 24.2. The molecule has 4 N–H and O–H groups in total. The highest BCUT2D eigenvalue weighted by atomic mass is 16.3. The SMILES string of the molecule is OCC12CC3C[C@@H]4[C@H]1CC1C[C@H]2[C@H](C3)C4(CO)C1.OCC12CC3C[C@@H]4[C@H]1CC1C[C@H]2[C@H](C3)C4(CO)C1. The van der Waals surface area contributed by atoms with Gasteiger partial charge in [-0.1, -0.05) is 0 Å². The third kappa shape index (κ3) is 2.23. The van der Waals surface area contributed by atoms with Crippen LogP contribution in [0.3, 0.4) is 0 Å². The van der Waals surface area contributed by atoms with Gasteiger partial charge in [-0.3, -0.25) is 0 Å². The van der Waals surface area contributed by atoms with Crippen LogP contribution in [0.25, 0.3) is 0 Å². The molecule has 0 radical (unpaired) electrons. The summed E-state index contributed by atoms with van der Waals surface area (Å²) in [6.07, 6.45) is 16.1. The van der Waals surface area contributed by atoms with Crippen LogP contribution in [-0.4, -0.2) is 46.9 Å². The van der Waals surface area contributed by atoms with Crippen molar-refractivity contribution in [1.82, 2.24) is 0 Å². The van der Waals surface area contributed by atoms with Crippen LogP contribution in [0.1, 0.15) is 77.0 Å². The summed E-state index contributed by atoms with van der Waals surface area (Å²) in [4.78, 5) is 0. The van der Waals surface area contributed by atoms with Crippen LogP contribution in [0.2, 0.25) is 0 Å². The quantitative estimate of drug-likeness (QED) is 0.472. The van der Waals surface area contributed by atoms with Crippen molar-refractivity contribution in [3.05, 3.63) is 0 Å². The van der Waals surface area contributed by atoms with Gasteiger partial charge in [-0.15, -0.1) is 0 Å². The lowest BCUT2D eigenvalue weighted by Crippen LogP contribution is -2.73. The average Bonchev–Trinajstić information content (AvgIpc) is 2.93. The number of aliphatic hydroxyl groups is 4. The van der Waals surface area contributed by atoms with Crippen molar-refractivity contribution in [2.24, 2.45) is 92.7 Å². The summed E-state index contributed by atoms with van der Waals surface area (Å²) >= 11 is 0. The van der Waals surface area contributed by atoms with Crippen molar-refractivity contribution < 1.29 is 20.4 Å². The minimum atomic E-state index is 0.284. The third-order valence-corrected chi connectivity index (χ3v) is 16.4. The highest BCUT2D eigenvalue weighted by Gasteiger charge is 2.76. The fraction of sp³-hybridized carbons (Fsp3) is 1.00. The molecule has 0 saturated heterocycles. The molecule has 0 spiro atoms. The largest absolute Gasteiger partial charge is 0.396 e. The molecular formula is C32H48O4. The first kappa shape index (κ1) is 22.6. The first-order chi connectivity index (χ1) is 17.5. The van der Waals surface area contributed by atoms with Crippen LogP contribution in [0.4, 0.5) is 0 Å². The van der Waals surface area contributed by atoms with E-state index >= 15 is 0 Å². The Morgan fingerprint density at radius 1 is 0.333 bits per heavy atom. The molecule has 14 saturated carbocycles. The first-order valence-corrected chi connectivity index (χ1v) is 15.9. The topological polar surface area (TPSA) is 80.9 Å². The molecule has 4 nitrogen and oxygen atoms in total. The van der Waals surface area contributed by atoms with E-state index in [9.17, 15) is 20.4 Å². The Morgan fingerprint density at radius 2 is 0.500 bits per heavy atom. The van der Waals surface area contributed by atoms with Crippen molar-refractivity contribution in [3.63, 3.8) is 0 Å². The second-order valence-electron chi connectivity index (χ2n) is 16.6. The average molecular weight is 497 g/mol. The van der Waals surface area contributed by atoms with Crippen LogP contribution >= 0.6 is 0 Å². The van der Waals surface area contributed by atoms with Crippen LogP contribution in [0.15, 0.2) is 0 Å². The zero-order valence-electron chi connectivity index (χ0n) is 22.0. The smallest absolute Gasteiger partial charge is 0.0493 e. The van der Waals surface area contributed by atoms with E-state index in [1.165, 1.54) is 77.0 Å². The Hall–Kier alpha value is -0.160. The predicted molar refractivity (Wildman–Crippen MR) is 135 cm³/mol. The van der Waals surface area contributed by atoms with Gasteiger partial charge in [-0.25, -0.2) is 0 Å². The van der Waals surface area contributed by atoms with E-state index in [1.807, 2.05) is 0 Å². The molecular weight excluding hydrogens is 448 g/mol. The Balaban J connectivity index is 0.000000108. The van der Waals surface area contributed by atoms with Gasteiger partial charge >= 0.3 is 0 Å². The summed E-state index contributed by atoms with van der Waals surface area (Å²) in [7, 11) is 0. The molecule has 36 heavy (non-hydrogen) atoms. The van der Waals surface area contributed by atoms with Gasteiger partial charge in [0.25, 0.3) is 0 Å². The lowest BCUT2D eigenvalue weighted by molar-refractivity contribution is -0.312. The molecule has 14 fully saturated rings. The van der Waals surface area contributed by atoms with E-state index in [4.69, 9.17) is 0 Å². The highest BCUT2D eigenvalue weighted by Crippen LogP contribution is 2.81. The van der Waals surface area contributed by atoms with Gasteiger partial charge in [-0.2, -0.15) is 0 Å². The van der Waals surface area contributed by atoms with E-state index in [0.717, 1.165) is 71.0 Å². The third-order valence-electron chi connectivity index (χ3n) is 16.4. The molecule has 14 rings (SSSR count). The van der Waals surface area contributed by atoms with E-state index in [2.05, 4.69) is 0 Å². The monoisotopic (exact) mass is 496 g/mol. The number of aliphatic hydroxyl groups excluding tert-OH is 4. The van der Waals surface area contributed by atoms with Crippen molar-refractivity contribution in [2.75, 3.05) is 26.4 Å². The van der Waals surface area contributed by atoms with E-state index < -0.39 is 0 Å². The van der Waals surface area contributed by atoms with Crippen LogP contribution in [0, 0.1) is 92.7 Å². The first-order valence-electron chi connectivity index (χ1n) is 15.9. The molecule has 0 aliphatic heterocycles. The number of hydrogen-bond acceptors (Lipinski definition) is 4. The Kier molecular flexibility index (Phi) is 4.36. The summed E-state index contributed by atoms with van der Waals surface area (Å²) in [5.74, 6) is 9.48. The molecule has 8 unspecified atom stereocenters. The van der Waals surface area contributed by atoms with E-state index in [1.54, 1.807) is 0 Å². The normalized spacial score (nSPS) is 67.0. The van der Waals surface area contributed by atoms with Crippen LogP contribution in [-0.2, 0) is 0 Å². The second kappa shape index (κ2) is 6.94. The maximum absolute atomic E-state index is 10.1. The maximum atomic E-state index is 10.1. The van der Waals surface area contributed by atoms with Gasteiger partial charge in [0.2, 0.25) is 0 Å². The molecule has 16 bridgehead atoms. The molecule has 0 aromatic carbocycles. The molecule has 14 aliphatic rings. The molecule has 0 aromatic rings. The van der Waals surface area contributed by atoms with E-state index in [-0.39, 0.29) is 21.7 Å². The molecule has 16 atom stereocenters. The Morgan fingerprint density at radius 3 is 0.639 bits per heavy atom. The van der Waals surface area contributed by atoms with Gasteiger partial charge in [0.1, 0.15) is 0 Å². The van der Waals surface area contributed by atoms with Crippen molar-refractivity contribution in [3.8, 4) is 0 Å². The summed E-state index contributed by atoms with van der Waals surface area (Å²) in [5.41, 5.74) is 1.14. The number of hydrogen-bond donors (Lipinski definition) is 4. The maximum Gasteiger partial charge on any atom is 0.0493 e. The highest BCUT2D eigenvalue weighted by molar-refractivity contribution is 5.24. The van der Waals surface area contributed by atoms with Crippen LogP contribution < -0.4 is 0 Å². The van der Waals surface area contributed by atoms with Crippen molar-refractivity contribution in [1.29, 1.82) is 0 Å². The van der Waals surface area contributed by atoms with Gasteiger partial charge in [0.05, 0.1) is 0 Å². The van der Waals surface area contributed by atoms with Gasteiger partial charge in [0, 0.05) is 26.4 Å². The molecule has 0 heterocycles. The van der Waals surface area contributed by atoms with Gasteiger partial charge < -0.3 is 20.4 Å². The standard InChI is InChI=1S/2C16H24O2/c2*17-7-15-6-10-3-12-11(15)1-9-2-13(15)14(4-10)16(12,5-9)8-18/h2*9-14,17-18H,1-8H2/t2*9?,10?,11-,12-,13+,14+,15?,16?. The van der Waals surface area contributed by atoms with Crippen molar-refractivity contribution in [2.45, 2.75) is 77.0 Å². The second-order valence-corrected chi connectivity index (χ2v) is 16.6. The minimum absolute atomic E-state index is 0.284. The van der Waals surface area contributed by atoms with Crippen LogP contribution in [0.5, 0.6) is 0 Å². The molecule has 14 aliphatic carbocycles. The lowest BCUT2D eigenvalue weighted by atomic mass is 9.27. The Bertz CT molecular complexity index is 760. The fourth-order valence-corrected chi connectivity index (χ4v) is 16.0. The minimum Gasteiger partial charge on any atom is -0.396 e. The van der Waals surface area contributed by atoms with E-state index in [0.29, 0.717) is 26.4 Å². The summed E-state index contributed by atoms with van der Waals surface area (Å²) in [6.45, 7) is 1.72. The van der Waals surface area contributed by atoms with Crippen molar-refractivity contribution >= 4 is 0 Å². The Labute approximate surface area is 216 Å². The lowest BCUT2D eigenvalue weighted by Gasteiger charge is -2.78. The molecule has 200 valence electrons. The predicted octanol–water partition coefficient (Wildman–Crippen LogP) is 4.10. The fourth-order valence-electron chi connectivity index (χ4n) is 16.0. The zero-order valence-corrected chi connectivity index (χ0v) is 22.0. The van der Waals surface area contributed by atoms with Gasteiger partial charge in [0.15, 0.2) is 0 Å².